The van der Waals surface area contributed by atoms with E-state index in [1.165, 1.54) is 28.9 Å². The molecule has 2 heteroatoms. The third kappa shape index (κ3) is 2.12. The Hall–Kier alpha value is -0.470. The Morgan fingerprint density at radius 2 is 2.14 bits per heavy atom. The van der Waals surface area contributed by atoms with Gasteiger partial charge in [-0.15, -0.1) is 11.8 Å². The van der Waals surface area contributed by atoms with Crippen molar-refractivity contribution in [3.63, 3.8) is 0 Å². The number of hydrogen-bond acceptors (Lipinski definition) is 2. The van der Waals surface area contributed by atoms with Crippen LogP contribution in [-0.2, 0) is 6.42 Å². The highest BCUT2D eigenvalue weighted by Gasteiger charge is 2.37. The second-order valence-electron chi connectivity index (χ2n) is 4.34. The fourth-order valence-corrected chi connectivity index (χ4v) is 2.38. The fourth-order valence-electron chi connectivity index (χ4n) is 1.79. The Bertz CT molecular complexity index is 342. The first-order chi connectivity index (χ1) is 6.63. The van der Waals surface area contributed by atoms with Gasteiger partial charge in [-0.1, -0.05) is 12.1 Å². The number of thioether (sulfide) groups is 1. The van der Waals surface area contributed by atoms with Gasteiger partial charge in [0.05, 0.1) is 0 Å². The van der Waals surface area contributed by atoms with Crippen molar-refractivity contribution in [3.8, 4) is 0 Å². The Morgan fingerprint density at radius 3 is 2.64 bits per heavy atom. The average Bonchev–Trinajstić information content (AvgIpc) is 2.84. The molecule has 1 aromatic rings. The lowest BCUT2D eigenvalue weighted by Crippen LogP contribution is -2.24. The highest BCUT2D eigenvalue weighted by atomic mass is 32.2. The lowest BCUT2D eigenvalue weighted by Gasteiger charge is -2.10. The summed E-state index contributed by atoms with van der Waals surface area (Å²) in [7, 11) is 0. The summed E-state index contributed by atoms with van der Waals surface area (Å²) < 4.78 is 0. The van der Waals surface area contributed by atoms with Crippen LogP contribution in [0.4, 0.5) is 0 Å². The molecule has 0 bridgehead atoms. The van der Waals surface area contributed by atoms with Gasteiger partial charge in [-0.3, -0.25) is 0 Å². The molecule has 1 aliphatic carbocycles. The van der Waals surface area contributed by atoms with Crippen molar-refractivity contribution in [3.05, 3.63) is 29.3 Å². The summed E-state index contributed by atoms with van der Waals surface area (Å²) >= 11 is 1.81. The number of aryl methyl sites for hydroxylation is 1. The summed E-state index contributed by atoms with van der Waals surface area (Å²) in [6.45, 7) is 2.17. The SMILES string of the molecule is CSc1ccc(CC2(N)CC2)cc1C. The highest BCUT2D eigenvalue weighted by molar-refractivity contribution is 7.98. The molecule has 0 heterocycles. The maximum absolute atomic E-state index is 6.09. The average molecular weight is 207 g/mol. The van der Waals surface area contributed by atoms with Gasteiger partial charge in [-0.25, -0.2) is 0 Å². The quantitative estimate of drug-likeness (QED) is 0.771. The van der Waals surface area contributed by atoms with Crippen molar-refractivity contribution in [2.24, 2.45) is 5.73 Å². The molecule has 76 valence electrons. The van der Waals surface area contributed by atoms with Crippen LogP contribution in [0, 0.1) is 6.92 Å². The number of benzene rings is 1. The number of nitrogens with two attached hydrogens (primary N) is 1. The minimum atomic E-state index is 0.132. The maximum atomic E-state index is 6.09. The minimum absolute atomic E-state index is 0.132. The van der Waals surface area contributed by atoms with Crippen LogP contribution in [-0.4, -0.2) is 11.8 Å². The van der Waals surface area contributed by atoms with Gasteiger partial charge in [0, 0.05) is 10.4 Å². The second kappa shape index (κ2) is 3.59. The molecule has 0 spiro atoms. The molecule has 14 heavy (non-hydrogen) atoms. The zero-order valence-electron chi connectivity index (χ0n) is 8.84. The van der Waals surface area contributed by atoms with Crippen LogP contribution in [0.1, 0.15) is 24.0 Å². The van der Waals surface area contributed by atoms with Gasteiger partial charge < -0.3 is 5.73 Å². The van der Waals surface area contributed by atoms with Crippen LogP contribution in [0.3, 0.4) is 0 Å². The molecule has 0 saturated heterocycles. The number of rotatable bonds is 3. The first-order valence-electron chi connectivity index (χ1n) is 5.05. The monoisotopic (exact) mass is 207 g/mol. The minimum Gasteiger partial charge on any atom is -0.325 e. The van der Waals surface area contributed by atoms with Crippen molar-refractivity contribution in [1.29, 1.82) is 0 Å². The standard InChI is InChI=1S/C12H17NS/c1-9-7-10(3-4-11(9)14-2)8-12(13)5-6-12/h3-4,7H,5-6,8,13H2,1-2H3. The van der Waals surface area contributed by atoms with Crippen LogP contribution in [0.2, 0.25) is 0 Å². The van der Waals surface area contributed by atoms with Gasteiger partial charge in [0.15, 0.2) is 0 Å². The molecular weight excluding hydrogens is 190 g/mol. The first kappa shape index (κ1) is 10.1. The maximum Gasteiger partial charge on any atom is 0.0196 e. The lowest BCUT2D eigenvalue weighted by molar-refractivity contribution is 0.671. The second-order valence-corrected chi connectivity index (χ2v) is 5.19. The van der Waals surface area contributed by atoms with Crippen molar-refractivity contribution < 1.29 is 0 Å². The molecule has 0 amide bonds. The molecule has 0 unspecified atom stereocenters. The van der Waals surface area contributed by atoms with Gasteiger partial charge in [0.25, 0.3) is 0 Å². The molecule has 2 N–H and O–H groups in total. The molecule has 1 aliphatic rings. The van der Waals surface area contributed by atoms with Gasteiger partial charge in [0.2, 0.25) is 0 Å². The van der Waals surface area contributed by atoms with Crippen LogP contribution < -0.4 is 5.73 Å². The third-order valence-corrected chi connectivity index (χ3v) is 3.81. The van der Waals surface area contributed by atoms with E-state index in [1.807, 2.05) is 0 Å². The molecule has 0 radical (unpaired) electrons. The van der Waals surface area contributed by atoms with Crippen LogP contribution in [0.5, 0.6) is 0 Å². The summed E-state index contributed by atoms with van der Waals surface area (Å²) in [4.78, 5) is 1.37. The molecule has 0 aliphatic heterocycles. The summed E-state index contributed by atoms with van der Waals surface area (Å²) in [5.74, 6) is 0. The number of hydrogen-bond donors (Lipinski definition) is 1. The van der Waals surface area contributed by atoms with E-state index >= 15 is 0 Å². The Kier molecular flexibility index (Phi) is 2.58. The summed E-state index contributed by atoms with van der Waals surface area (Å²) in [6.07, 6.45) is 5.54. The molecule has 1 fully saturated rings. The van der Waals surface area contributed by atoms with E-state index in [0.717, 1.165) is 6.42 Å². The van der Waals surface area contributed by atoms with E-state index in [9.17, 15) is 0 Å². The van der Waals surface area contributed by atoms with Crippen molar-refractivity contribution >= 4 is 11.8 Å². The molecule has 1 nitrogen and oxygen atoms in total. The predicted molar refractivity (Wildman–Crippen MR) is 62.8 cm³/mol. The Labute approximate surface area is 90.1 Å². The van der Waals surface area contributed by atoms with Gasteiger partial charge in [0.1, 0.15) is 0 Å². The molecule has 1 aromatic carbocycles. The Balaban J connectivity index is 2.15. The molecule has 0 atom stereocenters. The summed E-state index contributed by atoms with van der Waals surface area (Å²) in [6, 6.07) is 6.70. The molecule has 0 aromatic heterocycles. The van der Waals surface area contributed by atoms with Crippen molar-refractivity contribution in [2.75, 3.05) is 6.26 Å². The highest BCUT2D eigenvalue weighted by Crippen LogP contribution is 2.36. The predicted octanol–water partition coefficient (Wildman–Crippen LogP) is 2.75. The van der Waals surface area contributed by atoms with E-state index in [4.69, 9.17) is 5.73 Å². The topological polar surface area (TPSA) is 26.0 Å². The summed E-state index contributed by atoms with van der Waals surface area (Å²) in [5.41, 5.74) is 8.99. The van der Waals surface area contributed by atoms with E-state index in [1.54, 1.807) is 11.8 Å². The van der Waals surface area contributed by atoms with Gasteiger partial charge in [-0.05, 0) is 49.6 Å². The van der Waals surface area contributed by atoms with Crippen molar-refractivity contribution in [2.45, 2.75) is 36.6 Å². The Morgan fingerprint density at radius 1 is 1.43 bits per heavy atom. The normalized spacial score (nSPS) is 18.2. The summed E-state index contributed by atoms with van der Waals surface area (Å²) in [5, 5.41) is 0. The largest absolute Gasteiger partial charge is 0.325 e. The van der Waals surface area contributed by atoms with E-state index < -0.39 is 0 Å². The zero-order valence-corrected chi connectivity index (χ0v) is 9.66. The molecule has 1 saturated carbocycles. The van der Waals surface area contributed by atoms with Crippen LogP contribution >= 0.6 is 11.8 Å². The lowest BCUT2D eigenvalue weighted by atomic mass is 10.0. The van der Waals surface area contributed by atoms with Crippen LogP contribution in [0.15, 0.2) is 23.1 Å². The first-order valence-corrected chi connectivity index (χ1v) is 6.28. The fraction of sp³-hybridized carbons (Fsp3) is 0.500. The zero-order chi connectivity index (χ0) is 10.2. The molecule has 2 rings (SSSR count). The van der Waals surface area contributed by atoms with E-state index in [-0.39, 0.29) is 5.54 Å². The third-order valence-electron chi connectivity index (χ3n) is 2.91. The van der Waals surface area contributed by atoms with E-state index in [0.29, 0.717) is 0 Å². The molecular formula is C12H17NS. The van der Waals surface area contributed by atoms with Crippen LogP contribution in [0.25, 0.3) is 0 Å². The van der Waals surface area contributed by atoms with Crippen molar-refractivity contribution in [1.82, 2.24) is 0 Å². The smallest absolute Gasteiger partial charge is 0.0196 e. The van der Waals surface area contributed by atoms with Gasteiger partial charge >= 0.3 is 0 Å². The van der Waals surface area contributed by atoms with E-state index in [2.05, 4.69) is 31.4 Å². The van der Waals surface area contributed by atoms with Gasteiger partial charge in [-0.2, -0.15) is 0 Å².